The first kappa shape index (κ1) is 23.0. The summed E-state index contributed by atoms with van der Waals surface area (Å²) >= 11 is 5.81. The van der Waals surface area contributed by atoms with Crippen LogP contribution in [0.3, 0.4) is 0 Å². The average molecular weight is 472 g/mol. The summed E-state index contributed by atoms with van der Waals surface area (Å²) in [7, 11) is -3.84. The number of hydrogen-bond donors (Lipinski definition) is 2. The number of nitrogens with one attached hydrogen (secondary N) is 2. The number of carbonyl (C=O) groups is 2. The predicted octanol–water partition coefficient (Wildman–Crippen LogP) is 4.22. The highest BCUT2D eigenvalue weighted by atomic mass is 35.5. The molecule has 0 aliphatic carbocycles. The third-order valence-corrected chi connectivity index (χ3v) is 5.71. The standard InChI is InChI=1S/C21H18ClN5O4S/c1-14(28)20(21(29)24-16-7-5-15(22)6-8-16)26-25-17-9-11-18(12-10-17)32(30,31)27-19-4-2-3-13-23-19/h2-13,20H,1H3,(H,23,27)(H,24,29)/t20-/m1/s1. The van der Waals surface area contributed by atoms with Gasteiger partial charge in [-0.25, -0.2) is 13.4 Å². The van der Waals surface area contributed by atoms with Crippen LogP contribution in [0.1, 0.15) is 6.92 Å². The summed E-state index contributed by atoms with van der Waals surface area (Å²) in [6.45, 7) is 1.23. The van der Waals surface area contributed by atoms with Gasteiger partial charge in [0.2, 0.25) is 6.04 Å². The van der Waals surface area contributed by atoms with Crippen molar-refractivity contribution in [2.75, 3.05) is 10.0 Å². The van der Waals surface area contributed by atoms with Gasteiger partial charge in [0, 0.05) is 16.9 Å². The quantitative estimate of drug-likeness (QED) is 0.375. The molecule has 2 N–H and O–H groups in total. The summed E-state index contributed by atoms with van der Waals surface area (Å²) < 4.78 is 27.2. The van der Waals surface area contributed by atoms with Crippen molar-refractivity contribution in [1.82, 2.24) is 4.98 Å². The van der Waals surface area contributed by atoms with Crippen molar-refractivity contribution >= 4 is 50.5 Å². The van der Waals surface area contributed by atoms with Crippen LogP contribution >= 0.6 is 11.6 Å². The Hall–Kier alpha value is -3.63. The van der Waals surface area contributed by atoms with Gasteiger partial charge in [-0.3, -0.25) is 14.3 Å². The van der Waals surface area contributed by atoms with Gasteiger partial charge in [0.25, 0.3) is 15.9 Å². The lowest BCUT2D eigenvalue weighted by Crippen LogP contribution is -2.31. The Morgan fingerprint density at radius 3 is 2.28 bits per heavy atom. The molecule has 0 aliphatic heterocycles. The average Bonchev–Trinajstić information content (AvgIpc) is 2.76. The number of Topliss-reactive ketones (excluding diaryl/α,β-unsaturated/α-hetero) is 1. The van der Waals surface area contributed by atoms with Crippen LogP contribution in [0.2, 0.25) is 5.02 Å². The van der Waals surface area contributed by atoms with Gasteiger partial charge in [0.1, 0.15) is 5.82 Å². The second kappa shape index (κ2) is 10.1. The van der Waals surface area contributed by atoms with Crippen molar-refractivity contribution in [3.8, 4) is 0 Å². The van der Waals surface area contributed by atoms with E-state index in [1.807, 2.05) is 0 Å². The summed E-state index contributed by atoms with van der Waals surface area (Å²) in [5.74, 6) is -0.964. The molecule has 0 fully saturated rings. The summed E-state index contributed by atoms with van der Waals surface area (Å²) in [5.41, 5.74) is 0.725. The first-order chi connectivity index (χ1) is 15.2. The third-order valence-electron chi connectivity index (χ3n) is 4.08. The molecule has 1 heterocycles. The van der Waals surface area contributed by atoms with E-state index in [1.54, 1.807) is 36.4 Å². The van der Waals surface area contributed by atoms with Crippen LogP contribution in [0.15, 0.2) is 88.1 Å². The lowest BCUT2D eigenvalue weighted by molar-refractivity contribution is -0.126. The number of rotatable bonds is 8. The fraction of sp³-hybridized carbons (Fsp3) is 0.0952. The molecule has 11 heteroatoms. The van der Waals surface area contributed by atoms with Crippen molar-refractivity contribution in [2.45, 2.75) is 17.9 Å². The van der Waals surface area contributed by atoms with E-state index in [-0.39, 0.29) is 16.4 Å². The largest absolute Gasteiger partial charge is 0.324 e. The SMILES string of the molecule is CC(=O)[C@@H](N=Nc1ccc(S(=O)(=O)Nc2ccccn2)cc1)C(=O)Nc1ccc(Cl)cc1. The maximum Gasteiger partial charge on any atom is 0.263 e. The molecule has 1 aromatic heterocycles. The first-order valence-electron chi connectivity index (χ1n) is 9.26. The minimum atomic E-state index is -3.84. The number of halogens is 1. The Balaban J connectivity index is 1.70. The monoisotopic (exact) mass is 471 g/mol. The van der Waals surface area contributed by atoms with Gasteiger partial charge >= 0.3 is 0 Å². The number of ketones is 1. The van der Waals surface area contributed by atoms with E-state index in [0.29, 0.717) is 10.7 Å². The minimum Gasteiger partial charge on any atom is -0.324 e. The van der Waals surface area contributed by atoms with Crippen LogP contribution in [-0.2, 0) is 19.6 Å². The molecule has 3 rings (SSSR count). The molecule has 32 heavy (non-hydrogen) atoms. The number of carbonyl (C=O) groups excluding carboxylic acids is 2. The molecule has 0 spiro atoms. The van der Waals surface area contributed by atoms with Crippen molar-refractivity contribution in [3.05, 3.63) is 77.9 Å². The van der Waals surface area contributed by atoms with Crippen LogP contribution in [0.5, 0.6) is 0 Å². The highest BCUT2D eigenvalue weighted by molar-refractivity contribution is 7.92. The molecule has 0 radical (unpaired) electrons. The number of sulfonamides is 1. The summed E-state index contributed by atoms with van der Waals surface area (Å²) in [5, 5.41) is 10.8. The number of aromatic nitrogens is 1. The third kappa shape index (κ3) is 6.19. The molecule has 1 amide bonds. The lowest BCUT2D eigenvalue weighted by Gasteiger charge is -2.09. The van der Waals surface area contributed by atoms with Gasteiger partial charge in [-0.2, -0.15) is 10.2 Å². The normalized spacial score (nSPS) is 12.3. The second-order valence-corrected chi connectivity index (χ2v) is 8.66. The van der Waals surface area contributed by atoms with Gasteiger partial charge in [-0.1, -0.05) is 17.7 Å². The number of anilines is 2. The van der Waals surface area contributed by atoms with Crippen LogP contribution in [-0.4, -0.2) is 31.1 Å². The van der Waals surface area contributed by atoms with E-state index in [4.69, 9.17) is 11.6 Å². The van der Waals surface area contributed by atoms with E-state index in [0.717, 1.165) is 0 Å². The van der Waals surface area contributed by atoms with E-state index < -0.39 is 27.8 Å². The molecule has 2 aromatic carbocycles. The molecule has 164 valence electrons. The molecule has 9 nitrogen and oxygen atoms in total. The molecule has 0 saturated carbocycles. The van der Waals surface area contributed by atoms with Gasteiger partial charge in [-0.05, 0) is 67.6 Å². The number of pyridine rings is 1. The van der Waals surface area contributed by atoms with Crippen LogP contribution < -0.4 is 10.0 Å². The minimum absolute atomic E-state index is 0.00861. The lowest BCUT2D eigenvalue weighted by atomic mass is 10.2. The zero-order chi connectivity index (χ0) is 23.1. The second-order valence-electron chi connectivity index (χ2n) is 6.54. The highest BCUT2D eigenvalue weighted by Gasteiger charge is 2.23. The van der Waals surface area contributed by atoms with Crippen LogP contribution in [0.25, 0.3) is 0 Å². The van der Waals surface area contributed by atoms with Crippen LogP contribution in [0.4, 0.5) is 17.2 Å². The fourth-order valence-corrected chi connectivity index (χ4v) is 3.63. The zero-order valence-electron chi connectivity index (χ0n) is 16.8. The Bertz CT molecular complexity index is 1230. The number of nitrogens with zero attached hydrogens (tertiary/aromatic N) is 3. The van der Waals surface area contributed by atoms with E-state index >= 15 is 0 Å². The van der Waals surface area contributed by atoms with E-state index in [1.165, 1.54) is 43.5 Å². The van der Waals surface area contributed by atoms with Gasteiger partial charge in [0.05, 0.1) is 10.6 Å². The van der Waals surface area contributed by atoms with E-state index in [2.05, 4.69) is 25.3 Å². The summed E-state index contributed by atoms with van der Waals surface area (Å²) in [6, 6.07) is 15.3. The Morgan fingerprint density at radius 2 is 1.69 bits per heavy atom. The number of hydrogen-bond acceptors (Lipinski definition) is 7. The zero-order valence-corrected chi connectivity index (χ0v) is 18.3. The predicted molar refractivity (Wildman–Crippen MR) is 121 cm³/mol. The van der Waals surface area contributed by atoms with Crippen molar-refractivity contribution < 1.29 is 18.0 Å². The van der Waals surface area contributed by atoms with Gasteiger partial charge in [0.15, 0.2) is 5.78 Å². The van der Waals surface area contributed by atoms with Gasteiger partial charge in [-0.15, -0.1) is 0 Å². The molecular weight excluding hydrogens is 454 g/mol. The Morgan fingerprint density at radius 1 is 1.00 bits per heavy atom. The molecule has 0 unspecified atom stereocenters. The molecule has 0 aliphatic rings. The molecular formula is C21H18ClN5O4S. The number of azo groups is 1. The number of amides is 1. The topological polar surface area (TPSA) is 130 Å². The van der Waals surface area contributed by atoms with Crippen molar-refractivity contribution in [2.24, 2.45) is 10.2 Å². The Labute approximate surface area is 189 Å². The highest BCUT2D eigenvalue weighted by Crippen LogP contribution is 2.20. The number of benzene rings is 2. The Kier molecular flexibility index (Phi) is 7.29. The smallest absolute Gasteiger partial charge is 0.263 e. The molecule has 3 aromatic rings. The molecule has 0 bridgehead atoms. The van der Waals surface area contributed by atoms with Crippen LogP contribution in [0, 0.1) is 0 Å². The summed E-state index contributed by atoms with van der Waals surface area (Å²) in [6.07, 6.45) is 1.47. The van der Waals surface area contributed by atoms with Crippen molar-refractivity contribution in [3.63, 3.8) is 0 Å². The maximum absolute atomic E-state index is 12.4. The van der Waals surface area contributed by atoms with Crippen molar-refractivity contribution in [1.29, 1.82) is 0 Å². The van der Waals surface area contributed by atoms with Gasteiger partial charge < -0.3 is 5.32 Å². The van der Waals surface area contributed by atoms with E-state index in [9.17, 15) is 18.0 Å². The first-order valence-corrected chi connectivity index (χ1v) is 11.1. The fourth-order valence-electron chi connectivity index (χ4n) is 2.50. The molecule has 0 saturated heterocycles. The summed E-state index contributed by atoms with van der Waals surface area (Å²) in [4.78, 5) is 28.2. The maximum atomic E-state index is 12.4. The molecule has 1 atom stereocenters.